The molecule has 2 heterocycles. The summed E-state index contributed by atoms with van der Waals surface area (Å²) < 4.78 is 0. The van der Waals surface area contributed by atoms with Crippen LogP contribution in [0, 0.1) is 13.8 Å². The van der Waals surface area contributed by atoms with Crippen LogP contribution in [0.4, 0.5) is 11.6 Å². The maximum atomic E-state index is 12.7. The molecule has 0 radical (unpaired) electrons. The topological polar surface area (TPSA) is 52.2 Å². The van der Waals surface area contributed by atoms with Crippen molar-refractivity contribution in [3.63, 3.8) is 0 Å². The van der Waals surface area contributed by atoms with Crippen molar-refractivity contribution in [2.45, 2.75) is 20.3 Å². The molecule has 1 fully saturated rings. The van der Waals surface area contributed by atoms with E-state index in [0.717, 1.165) is 43.0 Å². The maximum absolute atomic E-state index is 12.7. The Balaban J connectivity index is 1.48. The predicted octanol–water partition coefficient (Wildman–Crippen LogP) is 3.30. The van der Waals surface area contributed by atoms with Gasteiger partial charge in [0.1, 0.15) is 0 Å². The van der Waals surface area contributed by atoms with Crippen LogP contribution in [0.1, 0.15) is 22.4 Å². The summed E-state index contributed by atoms with van der Waals surface area (Å²) in [5.41, 5.74) is 5.17. The number of benzene rings is 2. The van der Waals surface area contributed by atoms with Gasteiger partial charge in [-0.1, -0.05) is 42.5 Å². The summed E-state index contributed by atoms with van der Waals surface area (Å²) in [5.74, 6) is 0.684. The molecule has 0 saturated carbocycles. The Bertz CT molecular complexity index is 1000. The van der Waals surface area contributed by atoms with Crippen molar-refractivity contribution in [3.8, 4) is 0 Å². The van der Waals surface area contributed by atoms with Gasteiger partial charge in [0.25, 0.3) is 5.56 Å². The molecular weight excluding hydrogens is 348 g/mol. The molecule has 0 aliphatic carbocycles. The fourth-order valence-electron chi connectivity index (χ4n) is 3.75. The molecule has 1 aliphatic rings. The van der Waals surface area contributed by atoms with E-state index in [0.29, 0.717) is 12.4 Å². The molecule has 1 aliphatic heterocycles. The first-order chi connectivity index (χ1) is 13.6. The van der Waals surface area contributed by atoms with Gasteiger partial charge in [-0.05, 0) is 37.1 Å². The lowest BCUT2D eigenvalue weighted by molar-refractivity contribution is 0.637. The highest BCUT2D eigenvalue weighted by Gasteiger charge is 2.20. The molecule has 5 nitrogen and oxygen atoms in total. The van der Waals surface area contributed by atoms with Crippen molar-refractivity contribution in [2.24, 2.45) is 0 Å². The minimum absolute atomic E-state index is 0.0348. The normalized spacial score (nSPS) is 14.4. The van der Waals surface area contributed by atoms with Crippen LogP contribution in [-0.4, -0.2) is 36.1 Å². The first-order valence-electron chi connectivity index (χ1n) is 9.80. The van der Waals surface area contributed by atoms with E-state index in [9.17, 15) is 4.79 Å². The van der Waals surface area contributed by atoms with Crippen LogP contribution in [0.2, 0.25) is 0 Å². The molecule has 5 heteroatoms. The second kappa shape index (κ2) is 7.89. The third-order valence-corrected chi connectivity index (χ3v) is 5.38. The molecule has 0 atom stereocenters. The molecule has 4 rings (SSSR count). The van der Waals surface area contributed by atoms with Gasteiger partial charge in [-0.15, -0.1) is 0 Å². The molecule has 2 aromatic carbocycles. The van der Waals surface area contributed by atoms with E-state index in [1.54, 1.807) is 0 Å². The SMILES string of the molecule is Cc1cccc(N2CCN(c3nc(C)c(Cc4ccccc4)c(=O)[nH]3)CC2)c1. The van der Waals surface area contributed by atoms with Gasteiger partial charge in [0.2, 0.25) is 5.95 Å². The number of nitrogens with zero attached hydrogens (tertiary/aromatic N) is 3. The van der Waals surface area contributed by atoms with Crippen molar-refractivity contribution in [2.75, 3.05) is 36.0 Å². The van der Waals surface area contributed by atoms with Gasteiger partial charge in [0, 0.05) is 43.9 Å². The Morgan fingerprint density at radius 1 is 0.929 bits per heavy atom. The van der Waals surface area contributed by atoms with Crippen LogP contribution in [0.25, 0.3) is 0 Å². The third kappa shape index (κ3) is 3.93. The Kier molecular flexibility index (Phi) is 5.15. The quantitative estimate of drug-likeness (QED) is 0.761. The molecule has 1 N–H and O–H groups in total. The molecule has 0 spiro atoms. The number of piperazine rings is 1. The highest BCUT2D eigenvalue weighted by molar-refractivity contribution is 5.50. The van der Waals surface area contributed by atoms with E-state index in [1.807, 2.05) is 37.3 Å². The zero-order valence-corrected chi connectivity index (χ0v) is 16.5. The Hall–Kier alpha value is -3.08. The van der Waals surface area contributed by atoms with Gasteiger partial charge in [-0.2, -0.15) is 0 Å². The number of H-pyrrole nitrogens is 1. The van der Waals surface area contributed by atoms with Crippen LogP contribution in [0.3, 0.4) is 0 Å². The van der Waals surface area contributed by atoms with Gasteiger partial charge in [0.15, 0.2) is 0 Å². The van der Waals surface area contributed by atoms with Gasteiger partial charge in [-0.25, -0.2) is 4.98 Å². The van der Waals surface area contributed by atoms with Gasteiger partial charge in [0.05, 0.1) is 5.69 Å². The second-order valence-electron chi connectivity index (χ2n) is 7.43. The van der Waals surface area contributed by atoms with Crippen LogP contribution in [0.5, 0.6) is 0 Å². The molecule has 0 amide bonds. The number of aryl methyl sites for hydroxylation is 2. The number of anilines is 2. The lowest BCUT2D eigenvalue weighted by Gasteiger charge is -2.36. The van der Waals surface area contributed by atoms with Crippen molar-refractivity contribution in [1.29, 1.82) is 0 Å². The van der Waals surface area contributed by atoms with E-state index in [1.165, 1.54) is 11.3 Å². The fraction of sp³-hybridized carbons (Fsp3) is 0.304. The third-order valence-electron chi connectivity index (χ3n) is 5.38. The number of aromatic amines is 1. The van der Waals surface area contributed by atoms with E-state index in [2.05, 4.69) is 46.0 Å². The summed E-state index contributed by atoms with van der Waals surface area (Å²) in [6.45, 7) is 7.56. The smallest absolute Gasteiger partial charge is 0.256 e. The van der Waals surface area contributed by atoms with E-state index in [4.69, 9.17) is 4.98 Å². The van der Waals surface area contributed by atoms with Crippen molar-refractivity contribution in [3.05, 3.63) is 87.3 Å². The molecule has 144 valence electrons. The van der Waals surface area contributed by atoms with Crippen LogP contribution in [0.15, 0.2) is 59.4 Å². The summed E-state index contributed by atoms with van der Waals surface area (Å²) in [4.78, 5) is 25.0. The van der Waals surface area contributed by atoms with Crippen molar-refractivity contribution >= 4 is 11.6 Å². The lowest BCUT2D eigenvalue weighted by Crippen LogP contribution is -2.47. The van der Waals surface area contributed by atoms with Gasteiger partial charge < -0.3 is 9.80 Å². The molecule has 1 aromatic heterocycles. The highest BCUT2D eigenvalue weighted by Crippen LogP contribution is 2.20. The lowest BCUT2D eigenvalue weighted by atomic mass is 10.1. The zero-order valence-electron chi connectivity index (χ0n) is 16.5. The minimum atomic E-state index is -0.0348. The number of hydrogen-bond donors (Lipinski definition) is 1. The minimum Gasteiger partial charge on any atom is -0.368 e. The molecule has 28 heavy (non-hydrogen) atoms. The summed E-state index contributed by atoms with van der Waals surface area (Å²) in [7, 11) is 0. The largest absolute Gasteiger partial charge is 0.368 e. The van der Waals surface area contributed by atoms with Crippen LogP contribution in [-0.2, 0) is 6.42 Å². The molecule has 0 unspecified atom stereocenters. The van der Waals surface area contributed by atoms with E-state index >= 15 is 0 Å². The standard InChI is InChI=1S/C23H26N4O/c1-17-7-6-10-20(15-17)26-11-13-27(14-12-26)23-24-18(2)21(22(28)25-23)16-19-8-4-3-5-9-19/h3-10,15H,11-14,16H2,1-2H3,(H,24,25,28). The summed E-state index contributed by atoms with van der Waals surface area (Å²) >= 11 is 0. The Morgan fingerprint density at radius 3 is 2.32 bits per heavy atom. The van der Waals surface area contributed by atoms with Crippen LogP contribution >= 0.6 is 0 Å². The second-order valence-corrected chi connectivity index (χ2v) is 7.43. The molecule has 3 aromatic rings. The highest BCUT2D eigenvalue weighted by atomic mass is 16.1. The number of nitrogens with one attached hydrogen (secondary N) is 1. The van der Waals surface area contributed by atoms with Gasteiger partial charge >= 0.3 is 0 Å². The number of rotatable bonds is 4. The average molecular weight is 374 g/mol. The van der Waals surface area contributed by atoms with Crippen molar-refractivity contribution in [1.82, 2.24) is 9.97 Å². The Labute approximate surface area is 165 Å². The van der Waals surface area contributed by atoms with E-state index < -0.39 is 0 Å². The first kappa shape index (κ1) is 18.3. The van der Waals surface area contributed by atoms with Crippen molar-refractivity contribution < 1.29 is 0 Å². The molecule has 0 bridgehead atoms. The monoisotopic (exact) mass is 374 g/mol. The number of hydrogen-bond acceptors (Lipinski definition) is 4. The summed E-state index contributed by atoms with van der Waals surface area (Å²) in [6, 6.07) is 18.7. The van der Waals surface area contributed by atoms with E-state index in [-0.39, 0.29) is 5.56 Å². The molecular formula is C23H26N4O. The Morgan fingerprint density at radius 2 is 1.64 bits per heavy atom. The van der Waals surface area contributed by atoms with Crippen LogP contribution < -0.4 is 15.4 Å². The predicted molar refractivity (Wildman–Crippen MR) is 114 cm³/mol. The average Bonchev–Trinajstić information content (AvgIpc) is 2.71. The molecule has 1 saturated heterocycles. The fourth-order valence-corrected chi connectivity index (χ4v) is 3.75. The maximum Gasteiger partial charge on any atom is 0.256 e. The summed E-state index contributed by atoms with van der Waals surface area (Å²) in [5, 5.41) is 0. The first-order valence-corrected chi connectivity index (χ1v) is 9.80. The number of aromatic nitrogens is 2. The summed E-state index contributed by atoms with van der Waals surface area (Å²) in [6.07, 6.45) is 0.608. The van der Waals surface area contributed by atoms with Gasteiger partial charge in [-0.3, -0.25) is 9.78 Å². The zero-order chi connectivity index (χ0) is 19.5.